The van der Waals surface area contributed by atoms with Gasteiger partial charge in [-0.2, -0.15) is 0 Å². The van der Waals surface area contributed by atoms with Gasteiger partial charge in [0.15, 0.2) is 0 Å². The summed E-state index contributed by atoms with van der Waals surface area (Å²) >= 11 is 0. The van der Waals surface area contributed by atoms with Crippen LogP contribution in [0, 0.1) is 0 Å². The average molecular weight is 279 g/mol. The monoisotopic (exact) mass is 279 g/mol. The molecule has 0 unspecified atom stereocenters. The number of carbonyl (C=O) groups is 1. The van der Waals surface area contributed by atoms with Crippen LogP contribution >= 0.6 is 0 Å². The molecule has 0 saturated carbocycles. The van der Waals surface area contributed by atoms with Gasteiger partial charge in [-0.05, 0) is 17.5 Å². The molecule has 0 aliphatic carbocycles. The number of aliphatic carboxylic acids is 1. The SMILES string of the molecule is COCCOCCN1Cc2ccccc2C[C@H]1C(=O)O. The number of methoxy groups -OCH3 is 1. The highest BCUT2D eigenvalue weighted by Gasteiger charge is 2.30. The predicted octanol–water partition coefficient (Wildman–Crippen LogP) is 1.16. The lowest BCUT2D eigenvalue weighted by molar-refractivity contribution is -0.144. The van der Waals surface area contributed by atoms with Gasteiger partial charge in [0.2, 0.25) is 0 Å². The van der Waals surface area contributed by atoms with Crippen LogP contribution in [0.5, 0.6) is 0 Å². The standard InChI is InChI=1S/C15H21NO4/c1-19-8-9-20-7-6-16-11-13-5-3-2-4-12(13)10-14(16)15(17)18/h2-5,14H,6-11H2,1H3,(H,17,18)/t14-/m0/s1. The summed E-state index contributed by atoms with van der Waals surface area (Å²) in [6.07, 6.45) is 0.559. The molecule has 20 heavy (non-hydrogen) atoms. The lowest BCUT2D eigenvalue weighted by atomic mass is 9.94. The van der Waals surface area contributed by atoms with Crippen LogP contribution < -0.4 is 0 Å². The van der Waals surface area contributed by atoms with Crippen LogP contribution in [-0.2, 0) is 27.2 Å². The molecule has 1 aromatic carbocycles. The van der Waals surface area contributed by atoms with Crippen molar-refractivity contribution in [2.45, 2.75) is 19.0 Å². The molecule has 0 spiro atoms. The third kappa shape index (κ3) is 3.79. The number of benzene rings is 1. The molecule has 0 amide bonds. The van der Waals surface area contributed by atoms with Gasteiger partial charge in [0.05, 0.1) is 19.8 Å². The number of hydrogen-bond acceptors (Lipinski definition) is 4. The Morgan fingerprint density at radius 3 is 2.75 bits per heavy atom. The first-order valence-corrected chi connectivity index (χ1v) is 6.82. The molecule has 2 rings (SSSR count). The van der Waals surface area contributed by atoms with Gasteiger partial charge < -0.3 is 14.6 Å². The van der Waals surface area contributed by atoms with Crippen molar-refractivity contribution in [2.24, 2.45) is 0 Å². The van der Waals surface area contributed by atoms with E-state index in [1.54, 1.807) is 7.11 Å². The van der Waals surface area contributed by atoms with Crippen molar-refractivity contribution in [2.75, 3.05) is 33.5 Å². The van der Waals surface area contributed by atoms with Crippen molar-refractivity contribution >= 4 is 5.97 Å². The number of ether oxygens (including phenoxy) is 2. The van der Waals surface area contributed by atoms with E-state index >= 15 is 0 Å². The molecule has 0 bridgehead atoms. The van der Waals surface area contributed by atoms with Crippen LogP contribution in [0.15, 0.2) is 24.3 Å². The van der Waals surface area contributed by atoms with E-state index in [4.69, 9.17) is 9.47 Å². The summed E-state index contributed by atoms with van der Waals surface area (Å²) in [5.74, 6) is -0.767. The molecular formula is C15H21NO4. The van der Waals surface area contributed by atoms with E-state index in [1.165, 1.54) is 5.56 Å². The summed E-state index contributed by atoms with van der Waals surface area (Å²) in [6, 6.07) is 7.56. The molecule has 0 radical (unpaired) electrons. The largest absolute Gasteiger partial charge is 0.480 e. The average Bonchev–Trinajstić information content (AvgIpc) is 2.46. The summed E-state index contributed by atoms with van der Waals surface area (Å²) in [7, 11) is 1.63. The Hall–Kier alpha value is -1.43. The third-order valence-electron chi connectivity index (χ3n) is 3.59. The first-order chi connectivity index (χ1) is 9.72. The molecule has 0 aromatic heterocycles. The molecule has 1 aliphatic heterocycles. The van der Waals surface area contributed by atoms with E-state index in [1.807, 2.05) is 23.1 Å². The second-order valence-electron chi connectivity index (χ2n) is 4.90. The molecule has 0 fully saturated rings. The van der Waals surface area contributed by atoms with Crippen LogP contribution in [-0.4, -0.2) is 55.5 Å². The van der Waals surface area contributed by atoms with Gasteiger partial charge in [0.25, 0.3) is 0 Å². The maximum absolute atomic E-state index is 11.4. The van der Waals surface area contributed by atoms with E-state index in [-0.39, 0.29) is 0 Å². The molecule has 5 nitrogen and oxygen atoms in total. The number of carboxylic acid groups (broad SMARTS) is 1. The van der Waals surface area contributed by atoms with Crippen LogP contribution in [0.25, 0.3) is 0 Å². The lowest BCUT2D eigenvalue weighted by Gasteiger charge is -2.34. The fraction of sp³-hybridized carbons (Fsp3) is 0.533. The maximum atomic E-state index is 11.4. The molecule has 1 aliphatic rings. The number of nitrogens with zero attached hydrogens (tertiary/aromatic N) is 1. The second kappa shape index (κ2) is 7.38. The zero-order valence-corrected chi connectivity index (χ0v) is 11.7. The highest BCUT2D eigenvalue weighted by atomic mass is 16.5. The highest BCUT2D eigenvalue weighted by Crippen LogP contribution is 2.23. The van der Waals surface area contributed by atoms with Gasteiger partial charge in [0, 0.05) is 20.2 Å². The van der Waals surface area contributed by atoms with Crippen molar-refractivity contribution in [3.8, 4) is 0 Å². The zero-order chi connectivity index (χ0) is 14.4. The van der Waals surface area contributed by atoms with E-state index in [9.17, 15) is 9.90 Å². The number of fused-ring (bicyclic) bond motifs is 1. The first kappa shape index (κ1) is 15.0. The minimum absolute atomic E-state index is 0.462. The summed E-state index contributed by atoms with van der Waals surface area (Å²) < 4.78 is 10.3. The Labute approximate surface area is 119 Å². The van der Waals surface area contributed by atoms with Crippen molar-refractivity contribution in [3.05, 3.63) is 35.4 Å². The van der Waals surface area contributed by atoms with E-state index in [0.29, 0.717) is 39.3 Å². The Kier molecular flexibility index (Phi) is 5.52. The minimum atomic E-state index is -0.767. The van der Waals surface area contributed by atoms with Crippen molar-refractivity contribution in [3.63, 3.8) is 0 Å². The highest BCUT2D eigenvalue weighted by molar-refractivity contribution is 5.74. The summed E-state index contributed by atoms with van der Waals surface area (Å²) in [5.41, 5.74) is 2.35. The second-order valence-corrected chi connectivity index (χ2v) is 4.90. The Bertz CT molecular complexity index is 449. The summed E-state index contributed by atoms with van der Waals surface area (Å²) in [5, 5.41) is 9.37. The zero-order valence-electron chi connectivity index (χ0n) is 11.7. The van der Waals surface area contributed by atoms with E-state index in [2.05, 4.69) is 6.07 Å². The summed E-state index contributed by atoms with van der Waals surface area (Å²) in [4.78, 5) is 13.4. The molecule has 1 atom stereocenters. The van der Waals surface area contributed by atoms with Crippen LogP contribution in [0.4, 0.5) is 0 Å². The first-order valence-electron chi connectivity index (χ1n) is 6.82. The van der Waals surface area contributed by atoms with Gasteiger partial charge >= 0.3 is 5.97 Å². The topological polar surface area (TPSA) is 59.0 Å². The normalized spacial score (nSPS) is 18.8. The van der Waals surface area contributed by atoms with Crippen molar-refractivity contribution in [1.82, 2.24) is 4.90 Å². The molecule has 110 valence electrons. The van der Waals surface area contributed by atoms with E-state index in [0.717, 1.165) is 5.56 Å². The maximum Gasteiger partial charge on any atom is 0.321 e. The van der Waals surface area contributed by atoms with Gasteiger partial charge in [0.1, 0.15) is 6.04 Å². The van der Waals surface area contributed by atoms with Crippen LogP contribution in [0.1, 0.15) is 11.1 Å². The van der Waals surface area contributed by atoms with Gasteiger partial charge in [-0.3, -0.25) is 9.69 Å². The molecule has 1 N–H and O–H groups in total. The number of rotatable bonds is 7. The summed E-state index contributed by atoms with van der Waals surface area (Å²) in [6.45, 7) is 2.91. The number of hydrogen-bond donors (Lipinski definition) is 1. The van der Waals surface area contributed by atoms with Crippen LogP contribution in [0.3, 0.4) is 0 Å². The molecule has 1 heterocycles. The quantitative estimate of drug-likeness (QED) is 0.759. The Balaban J connectivity index is 1.94. The minimum Gasteiger partial charge on any atom is -0.480 e. The van der Waals surface area contributed by atoms with Crippen LogP contribution in [0.2, 0.25) is 0 Å². The fourth-order valence-electron chi connectivity index (χ4n) is 2.48. The fourth-order valence-corrected chi connectivity index (χ4v) is 2.48. The van der Waals surface area contributed by atoms with Crippen molar-refractivity contribution in [1.29, 1.82) is 0 Å². The molecule has 5 heteroatoms. The van der Waals surface area contributed by atoms with Gasteiger partial charge in [-0.15, -0.1) is 0 Å². The van der Waals surface area contributed by atoms with E-state index < -0.39 is 12.0 Å². The lowest BCUT2D eigenvalue weighted by Crippen LogP contribution is -2.46. The Morgan fingerprint density at radius 2 is 2.05 bits per heavy atom. The molecular weight excluding hydrogens is 258 g/mol. The van der Waals surface area contributed by atoms with Gasteiger partial charge in [-0.25, -0.2) is 0 Å². The number of carboxylic acids is 1. The Morgan fingerprint density at radius 1 is 1.30 bits per heavy atom. The molecule has 1 aromatic rings. The van der Waals surface area contributed by atoms with Gasteiger partial charge in [-0.1, -0.05) is 24.3 Å². The van der Waals surface area contributed by atoms with Crippen molar-refractivity contribution < 1.29 is 19.4 Å². The molecule has 0 saturated heterocycles. The third-order valence-corrected chi connectivity index (χ3v) is 3.59. The predicted molar refractivity (Wildman–Crippen MR) is 74.7 cm³/mol. The smallest absolute Gasteiger partial charge is 0.321 e.